The number of nitrogens with two attached hydrogens (primary N) is 1. The molecule has 2 amide bonds. The fraction of sp³-hybridized carbons (Fsp3) is 0.367. The average Bonchev–Trinajstić information content (AvgIpc) is 3.48. The minimum absolute atomic E-state index is 0.0955. The Morgan fingerprint density at radius 2 is 1.76 bits per heavy atom. The van der Waals surface area contributed by atoms with E-state index in [4.69, 9.17) is 5.73 Å². The molecule has 0 spiro atoms. The van der Waals surface area contributed by atoms with Crippen LogP contribution in [-0.2, 0) is 16.1 Å². The highest BCUT2D eigenvalue weighted by Crippen LogP contribution is 2.46. The molecule has 3 aliphatic rings. The summed E-state index contributed by atoms with van der Waals surface area (Å²) in [5.74, 6) is -1.36. The standard InChI is InChI=1S/C30H31N3O4/c31-28(34)21-12-13-32(16-21)29(35)22-14-19-8-4-5-9-23(19)27-26(18-6-2-1-3-7-18)24-11-10-20(30(36)37)15-25(24)33(27)17-22/h4-5,8-11,14-15,18,21H,1-3,6-7,12-13,16-17H2,(H2,31,34)(H,36,37). The van der Waals surface area contributed by atoms with Gasteiger partial charge in [-0.05, 0) is 54.5 Å². The molecule has 2 aromatic carbocycles. The van der Waals surface area contributed by atoms with Gasteiger partial charge in [0.05, 0.1) is 23.7 Å². The molecule has 0 bridgehead atoms. The first-order valence-electron chi connectivity index (χ1n) is 13.2. The lowest BCUT2D eigenvalue weighted by molar-refractivity contribution is -0.126. The van der Waals surface area contributed by atoms with Gasteiger partial charge in [-0.3, -0.25) is 9.59 Å². The van der Waals surface area contributed by atoms with Gasteiger partial charge in [-0.1, -0.05) is 49.6 Å². The average molecular weight is 498 g/mol. The predicted molar refractivity (Wildman–Crippen MR) is 142 cm³/mol. The van der Waals surface area contributed by atoms with Gasteiger partial charge in [-0.25, -0.2) is 4.79 Å². The number of amides is 2. The predicted octanol–water partition coefficient (Wildman–Crippen LogP) is 4.79. The molecule has 3 N–H and O–H groups in total. The van der Waals surface area contributed by atoms with E-state index in [1.165, 1.54) is 24.8 Å². The van der Waals surface area contributed by atoms with Crippen LogP contribution in [0.3, 0.4) is 0 Å². The van der Waals surface area contributed by atoms with E-state index in [1.54, 1.807) is 17.0 Å². The summed E-state index contributed by atoms with van der Waals surface area (Å²) in [7, 11) is 0. The van der Waals surface area contributed by atoms with E-state index in [9.17, 15) is 19.5 Å². The maximum atomic E-state index is 13.8. The van der Waals surface area contributed by atoms with Crippen molar-refractivity contribution >= 4 is 34.8 Å². The lowest BCUT2D eigenvalue weighted by Crippen LogP contribution is -2.33. The van der Waals surface area contributed by atoms with Crippen molar-refractivity contribution in [3.63, 3.8) is 0 Å². The van der Waals surface area contributed by atoms with Gasteiger partial charge in [0, 0.05) is 35.1 Å². The monoisotopic (exact) mass is 497 g/mol. The Bertz CT molecular complexity index is 1460. The summed E-state index contributed by atoms with van der Waals surface area (Å²) in [6, 6.07) is 13.6. The highest BCUT2D eigenvalue weighted by Gasteiger charge is 2.34. The molecule has 3 heterocycles. The molecule has 1 unspecified atom stereocenters. The quantitative estimate of drug-likeness (QED) is 0.541. The van der Waals surface area contributed by atoms with Crippen molar-refractivity contribution in [2.75, 3.05) is 13.1 Å². The minimum atomic E-state index is -0.966. The van der Waals surface area contributed by atoms with Crippen LogP contribution in [0.15, 0.2) is 48.0 Å². The number of aromatic nitrogens is 1. The van der Waals surface area contributed by atoms with E-state index in [0.717, 1.165) is 40.6 Å². The molecule has 1 aliphatic carbocycles. The van der Waals surface area contributed by atoms with Crippen LogP contribution in [0.1, 0.15) is 65.9 Å². The number of likely N-dealkylation sites (tertiary alicyclic amines) is 1. The number of carboxylic acid groups (broad SMARTS) is 1. The topological polar surface area (TPSA) is 106 Å². The van der Waals surface area contributed by atoms with Crippen molar-refractivity contribution in [1.82, 2.24) is 9.47 Å². The minimum Gasteiger partial charge on any atom is -0.478 e. The molecule has 3 aromatic rings. The fourth-order valence-electron chi connectivity index (χ4n) is 6.52. The van der Waals surface area contributed by atoms with E-state index in [0.29, 0.717) is 37.5 Å². The molecule has 1 atom stereocenters. The van der Waals surface area contributed by atoms with Gasteiger partial charge in [-0.15, -0.1) is 0 Å². The molecule has 6 rings (SSSR count). The van der Waals surface area contributed by atoms with E-state index < -0.39 is 5.97 Å². The Hall–Kier alpha value is -3.87. The van der Waals surface area contributed by atoms with Crippen molar-refractivity contribution < 1.29 is 19.5 Å². The van der Waals surface area contributed by atoms with Crippen LogP contribution in [0.5, 0.6) is 0 Å². The summed E-state index contributed by atoms with van der Waals surface area (Å²) in [5.41, 5.74) is 11.6. The molecular formula is C30H31N3O4. The summed E-state index contributed by atoms with van der Waals surface area (Å²) in [6.07, 6.45) is 8.38. The summed E-state index contributed by atoms with van der Waals surface area (Å²) in [4.78, 5) is 39.1. The number of carboxylic acids is 1. The number of carbonyl (C=O) groups excluding carboxylic acids is 2. The molecule has 7 nitrogen and oxygen atoms in total. The number of aromatic carboxylic acids is 1. The van der Waals surface area contributed by atoms with E-state index >= 15 is 0 Å². The number of carbonyl (C=O) groups is 3. The molecule has 190 valence electrons. The number of benzene rings is 2. The lowest BCUT2D eigenvalue weighted by atomic mass is 9.81. The van der Waals surface area contributed by atoms with Crippen LogP contribution in [0.2, 0.25) is 0 Å². The van der Waals surface area contributed by atoms with Gasteiger partial charge >= 0.3 is 5.97 Å². The molecular weight excluding hydrogens is 466 g/mol. The van der Waals surface area contributed by atoms with Crippen LogP contribution < -0.4 is 5.73 Å². The number of hydrogen-bond donors (Lipinski definition) is 2. The molecule has 37 heavy (non-hydrogen) atoms. The van der Waals surface area contributed by atoms with Crippen molar-refractivity contribution in [3.05, 3.63) is 64.7 Å². The number of rotatable bonds is 4. The number of fused-ring (bicyclic) bond motifs is 5. The Balaban J connectivity index is 1.54. The van der Waals surface area contributed by atoms with Gasteiger partial charge in [0.15, 0.2) is 0 Å². The Morgan fingerprint density at radius 1 is 0.973 bits per heavy atom. The first kappa shape index (κ1) is 23.5. The van der Waals surface area contributed by atoms with E-state index in [1.807, 2.05) is 30.3 Å². The Kier molecular flexibility index (Phi) is 5.86. The van der Waals surface area contributed by atoms with Crippen LogP contribution in [0, 0.1) is 5.92 Å². The molecule has 2 fully saturated rings. The largest absolute Gasteiger partial charge is 0.478 e. The molecule has 1 aromatic heterocycles. The normalized spacial score (nSPS) is 19.7. The Labute approximate surface area is 215 Å². The third-order valence-corrected chi connectivity index (χ3v) is 8.39. The second-order valence-electron chi connectivity index (χ2n) is 10.6. The van der Waals surface area contributed by atoms with Gasteiger partial charge in [0.25, 0.3) is 5.91 Å². The van der Waals surface area contributed by atoms with Crippen molar-refractivity contribution in [1.29, 1.82) is 0 Å². The maximum Gasteiger partial charge on any atom is 0.335 e. The van der Waals surface area contributed by atoms with E-state index in [2.05, 4.69) is 10.6 Å². The van der Waals surface area contributed by atoms with Crippen molar-refractivity contribution in [2.45, 2.75) is 51.0 Å². The van der Waals surface area contributed by atoms with Gasteiger partial charge in [0.1, 0.15) is 0 Å². The molecule has 1 saturated carbocycles. The smallest absolute Gasteiger partial charge is 0.335 e. The summed E-state index contributed by atoms with van der Waals surface area (Å²) < 4.78 is 2.16. The zero-order valence-corrected chi connectivity index (χ0v) is 20.8. The van der Waals surface area contributed by atoms with Crippen LogP contribution >= 0.6 is 0 Å². The van der Waals surface area contributed by atoms with Gasteiger partial charge in [0.2, 0.25) is 5.91 Å². The zero-order chi connectivity index (χ0) is 25.7. The third kappa shape index (κ3) is 4.02. The summed E-state index contributed by atoms with van der Waals surface area (Å²) in [6.45, 7) is 1.18. The van der Waals surface area contributed by atoms with Crippen molar-refractivity contribution in [3.8, 4) is 11.3 Å². The summed E-state index contributed by atoms with van der Waals surface area (Å²) >= 11 is 0. The highest BCUT2D eigenvalue weighted by atomic mass is 16.4. The molecule has 2 aliphatic heterocycles. The van der Waals surface area contributed by atoms with Gasteiger partial charge < -0.3 is 20.3 Å². The molecule has 1 saturated heterocycles. The Morgan fingerprint density at radius 3 is 2.49 bits per heavy atom. The van der Waals surface area contributed by atoms with Gasteiger partial charge in [-0.2, -0.15) is 0 Å². The number of nitrogens with zero attached hydrogens (tertiary/aromatic N) is 2. The first-order valence-corrected chi connectivity index (χ1v) is 13.2. The fourth-order valence-corrected chi connectivity index (χ4v) is 6.52. The van der Waals surface area contributed by atoms with Crippen molar-refractivity contribution in [2.24, 2.45) is 11.7 Å². The second-order valence-corrected chi connectivity index (χ2v) is 10.6. The van der Waals surface area contributed by atoms with E-state index in [-0.39, 0.29) is 23.3 Å². The lowest BCUT2D eigenvalue weighted by Gasteiger charge is -2.24. The first-order chi connectivity index (χ1) is 17.9. The molecule has 7 heteroatoms. The zero-order valence-electron chi connectivity index (χ0n) is 20.8. The molecule has 0 radical (unpaired) electrons. The second kappa shape index (κ2) is 9.21. The van der Waals surface area contributed by atoms with Crippen LogP contribution in [0.25, 0.3) is 28.2 Å². The maximum absolute atomic E-state index is 13.8. The summed E-state index contributed by atoms with van der Waals surface area (Å²) in [5, 5.41) is 10.8. The SMILES string of the molecule is NC(=O)C1CCN(C(=O)C2=Cc3ccccc3-c3c(C4CCCCC4)c4ccc(C(=O)O)cc4n3C2)C1. The third-order valence-electron chi connectivity index (χ3n) is 8.39. The number of primary amides is 1. The van der Waals surface area contributed by atoms with Crippen LogP contribution in [0.4, 0.5) is 0 Å². The van der Waals surface area contributed by atoms with Crippen LogP contribution in [-0.4, -0.2) is 45.4 Å². The highest BCUT2D eigenvalue weighted by molar-refractivity contribution is 6.03. The number of hydrogen-bond acceptors (Lipinski definition) is 3.